The number of pyridine rings is 1. The van der Waals surface area contributed by atoms with E-state index < -0.39 is 0 Å². The summed E-state index contributed by atoms with van der Waals surface area (Å²) in [4.78, 5) is 11.0. The first-order valence-electron chi connectivity index (χ1n) is 6.76. The number of aliphatic hydroxyl groups excluding tert-OH is 1. The highest BCUT2D eigenvalue weighted by atomic mass is 16.5. The van der Waals surface area contributed by atoms with Crippen molar-refractivity contribution in [3.05, 3.63) is 64.6 Å². The molecule has 0 aliphatic carbocycles. The van der Waals surface area contributed by atoms with E-state index in [1.54, 1.807) is 12.4 Å². The SMILES string of the molecule is O=c1ccn(CCOc2ccc(C#CCCO)cc2)cc1. The molecule has 1 N–H and O–H groups in total. The van der Waals surface area contributed by atoms with Crippen LogP contribution in [0.15, 0.2) is 53.6 Å². The predicted octanol–water partition coefficient (Wildman–Crippen LogP) is 1.66. The van der Waals surface area contributed by atoms with Gasteiger partial charge >= 0.3 is 0 Å². The molecule has 0 amide bonds. The number of hydrogen-bond acceptors (Lipinski definition) is 3. The molecule has 0 fully saturated rings. The van der Waals surface area contributed by atoms with Crippen molar-refractivity contribution in [1.29, 1.82) is 0 Å². The Morgan fingerprint density at radius 3 is 2.48 bits per heavy atom. The fourth-order valence-electron chi connectivity index (χ4n) is 1.72. The zero-order chi connectivity index (χ0) is 14.9. The van der Waals surface area contributed by atoms with Crippen LogP contribution in [0.3, 0.4) is 0 Å². The first-order chi connectivity index (χ1) is 10.3. The van der Waals surface area contributed by atoms with Gasteiger partial charge in [-0.15, -0.1) is 0 Å². The van der Waals surface area contributed by atoms with Crippen LogP contribution in [0.5, 0.6) is 5.75 Å². The molecular weight excluding hydrogens is 266 g/mol. The van der Waals surface area contributed by atoms with Crippen molar-refractivity contribution in [3.63, 3.8) is 0 Å². The Balaban J connectivity index is 1.82. The Morgan fingerprint density at radius 2 is 1.81 bits per heavy atom. The quantitative estimate of drug-likeness (QED) is 0.849. The molecule has 4 nitrogen and oxygen atoms in total. The summed E-state index contributed by atoms with van der Waals surface area (Å²) in [5, 5.41) is 8.65. The summed E-state index contributed by atoms with van der Waals surface area (Å²) in [5.74, 6) is 6.61. The third kappa shape index (κ3) is 5.17. The molecule has 2 rings (SSSR count). The third-order valence-electron chi connectivity index (χ3n) is 2.80. The van der Waals surface area contributed by atoms with E-state index in [2.05, 4.69) is 11.8 Å². The lowest BCUT2D eigenvalue weighted by molar-refractivity contribution is 0.298. The molecule has 21 heavy (non-hydrogen) atoms. The van der Waals surface area contributed by atoms with Crippen molar-refractivity contribution in [3.8, 4) is 17.6 Å². The average Bonchev–Trinajstić information content (AvgIpc) is 2.51. The van der Waals surface area contributed by atoms with Gasteiger partial charge in [-0.1, -0.05) is 11.8 Å². The minimum atomic E-state index is 0.00469. The maximum atomic E-state index is 11.0. The Kier molecular flexibility index (Phi) is 5.62. The number of ether oxygens (including phenoxy) is 1. The topological polar surface area (TPSA) is 51.5 Å². The van der Waals surface area contributed by atoms with E-state index in [-0.39, 0.29) is 12.0 Å². The molecule has 1 heterocycles. The van der Waals surface area contributed by atoms with Crippen LogP contribution in [0.25, 0.3) is 0 Å². The van der Waals surface area contributed by atoms with Crippen LogP contribution in [0.2, 0.25) is 0 Å². The van der Waals surface area contributed by atoms with Gasteiger partial charge in [0.15, 0.2) is 5.43 Å². The minimum Gasteiger partial charge on any atom is -0.492 e. The number of rotatable bonds is 5. The summed E-state index contributed by atoms with van der Waals surface area (Å²) in [7, 11) is 0. The number of benzene rings is 1. The zero-order valence-electron chi connectivity index (χ0n) is 11.7. The van der Waals surface area contributed by atoms with Gasteiger partial charge in [-0.3, -0.25) is 4.79 Å². The lowest BCUT2D eigenvalue weighted by Crippen LogP contribution is -2.10. The van der Waals surface area contributed by atoms with Crippen LogP contribution in [-0.2, 0) is 6.54 Å². The highest BCUT2D eigenvalue weighted by Gasteiger charge is 1.95. The molecule has 0 atom stereocenters. The summed E-state index contributed by atoms with van der Waals surface area (Å²) >= 11 is 0. The molecule has 0 aliphatic heterocycles. The highest BCUT2D eigenvalue weighted by molar-refractivity contribution is 5.38. The Labute approximate surface area is 123 Å². The van der Waals surface area contributed by atoms with Crippen LogP contribution >= 0.6 is 0 Å². The molecule has 0 unspecified atom stereocenters. The smallest absolute Gasteiger partial charge is 0.181 e. The first kappa shape index (κ1) is 14.9. The average molecular weight is 283 g/mol. The van der Waals surface area contributed by atoms with Gasteiger partial charge in [-0.25, -0.2) is 0 Å². The fraction of sp³-hybridized carbons (Fsp3) is 0.235. The van der Waals surface area contributed by atoms with E-state index in [0.717, 1.165) is 11.3 Å². The van der Waals surface area contributed by atoms with Crippen molar-refractivity contribution < 1.29 is 9.84 Å². The first-order valence-corrected chi connectivity index (χ1v) is 6.76. The number of aromatic nitrogens is 1. The summed E-state index contributed by atoms with van der Waals surface area (Å²) in [6.45, 7) is 1.29. The molecule has 0 saturated carbocycles. The van der Waals surface area contributed by atoms with Crippen molar-refractivity contribution in [1.82, 2.24) is 4.57 Å². The second-order valence-electron chi connectivity index (χ2n) is 4.42. The third-order valence-corrected chi connectivity index (χ3v) is 2.80. The van der Waals surface area contributed by atoms with E-state index >= 15 is 0 Å². The molecule has 0 radical (unpaired) electrons. The number of nitrogens with zero attached hydrogens (tertiary/aromatic N) is 1. The Hall–Kier alpha value is -2.51. The molecule has 108 valence electrons. The van der Waals surface area contributed by atoms with E-state index in [9.17, 15) is 4.79 Å². The molecule has 1 aromatic heterocycles. The van der Waals surface area contributed by atoms with Crippen molar-refractivity contribution in [2.45, 2.75) is 13.0 Å². The standard InChI is InChI=1S/C17H17NO3/c19-13-2-1-3-15-4-6-17(7-5-15)21-14-12-18-10-8-16(20)9-11-18/h4-11,19H,2,12-14H2. The van der Waals surface area contributed by atoms with Crippen molar-refractivity contribution in [2.75, 3.05) is 13.2 Å². The number of hydrogen-bond donors (Lipinski definition) is 1. The largest absolute Gasteiger partial charge is 0.492 e. The van der Waals surface area contributed by atoms with Gasteiger partial charge in [0.2, 0.25) is 0 Å². The fourth-order valence-corrected chi connectivity index (χ4v) is 1.72. The van der Waals surface area contributed by atoms with Gasteiger partial charge in [-0.05, 0) is 24.3 Å². The summed E-state index contributed by atoms with van der Waals surface area (Å²) in [6.07, 6.45) is 3.97. The van der Waals surface area contributed by atoms with Gasteiger partial charge in [-0.2, -0.15) is 0 Å². The Bertz CT molecular complexity index is 657. The lowest BCUT2D eigenvalue weighted by Gasteiger charge is -2.08. The van der Waals surface area contributed by atoms with Crippen LogP contribution in [0.1, 0.15) is 12.0 Å². The predicted molar refractivity (Wildman–Crippen MR) is 81.2 cm³/mol. The van der Waals surface area contributed by atoms with Crippen LogP contribution < -0.4 is 10.2 Å². The van der Waals surface area contributed by atoms with E-state index in [1.165, 1.54) is 12.1 Å². The van der Waals surface area contributed by atoms with Crippen LogP contribution in [0.4, 0.5) is 0 Å². The normalized spacial score (nSPS) is 9.76. The highest BCUT2D eigenvalue weighted by Crippen LogP contribution is 2.11. The minimum absolute atomic E-state index is 0.00469. The molecule has 0 aliphatic rings. The zero-order valence-corrected chi connectivity index (χ0v) is 11.7. The van der Waals surface area contributed by atoms with E-state index in [4.69, 9.17) is 9.84 Å². The molecule has 0 bridgehead atoms. The van der Waals surface area contributed by atoms with Gasteiger partial charge in [0.05, 0.1) is 13.2 Å². The maximum absolute atomic E-state index is 11.0. The van der Waals surface area contributed by atoms with Gasteiger partial charge in [0.1, 0.15) is 12.4 Å². The maximum Gasteiger partial charge on any atom is 0.181 e. The molecule has 1 aromatic carbocycles. The number of aliphatic hydroxyl groups is 1. The second kappa shape index (κ2) is 7.93. The molecule has 4 heteroatoms. The van der Waals surface area contributed by atoms with Gasteiger partial charge < -0.3 is 14.4 Å². The van der Waals surface area contributed by atoms with Crippen molar-refractivity contribution >= 4 is 0 Å². The monoisotopic (exact) mass is 283 g/mol. The molecular formula is C17H17NO3. The van der Waals surface area contributed by atoms with Gasteiger partial charge in [0, 0.05) is 36.5 Å². The second-order valence-corrected chi connectivity index (χ2v) is 4.42. The molecule has 0 spiro atoms. The van der Waals surface area contributed by atoms with Crippen LogP contribution in [0, 0.1) is 11.8 Å². The van der Waals surface area contributed by atoms with E-state index in [0.29, 0.717) is 19.6 Å². The van der Waals surface area contributed by atoms with Crippen molar-refractivity contribution in [2.24, 2.45) is 0 Å². The van der Waals surface area contributed by atoms with Gasteiger partial charge in [0.25, 0.3) is 0 Å². The summed E-state index contributed by atoms with van der Waals surface area (Å²) in [5.41, 5.74) is 0.904. The van der Waals surface area contributed by atoms with Crippen LogP contribution in [-0.4, -0.2) is 22.9 Å². The summed E-state index contributed by atoms with van der Waals surface area (Å²) < 4.78 is 7.53. The Morgan fingerprint density at radius 1 is 1.10 bits per heavy atom. The molecule has 2 aromatic rings. The van der Waals surface area contributed by atoms with E-state index in [1.807, 2.05) is 28.8 Å². The molecule has 0 saturated heterocycles. The summed E-state index contributed by atoms with van der Waals surface area (Å²) in [6, 6.07) is 10.6. The lowest BCUT2D eigenvalue weighted by atomic mass is 10.2.